The van der Waals surface area contributed by atoms with Crippen molar-refractivity contribution in [3.63, 3.8) is 0 Å². The van der Waals surface area contributed by atoms with Crippen LogP contribution in [0.1, 0.15) is 5.56 Å². The number of rotatable bonds is 6. The lowest BCUT2D eigenvalue weighted by atomic mass is 10.1. The summed E-state index contributed by atoms with van der Waals surface area (Å²) in [4.78, 5) is 27.0. The fourth-order valence-corrected chi connectivity index (χ4v) is 1.45. The van der Waals surface area contributed by atoms with E-state index in [1.165, 1.54) is 7.05 Å². The Bertz CT molecular complexity index is 430. The fraction of sp³-hybridized carbons (Fsp3) is 0.231. The number of likely N-dealkylation sites (N-methyl/N-ethyl adjacent to an activating group) is 1. The van der Waals surface area contributed by atoms with Gasteiger partial charge in [-0.05, 0) is 5.56 Å². The second-order valence-electron chi connectivity index (χ2n) is 3.70. The molecule has 0 heterocycles. The maximum Gasteiger partial charge on any atom is 0.349 e. The lowest BCUT2D eigenvalue weighted by molar-refractivity contribution is -0.193. The van der Waals surface area contributed by atoms with Crippen LogP contribution < -0.4 is 0 Å². The van der Waals surface area contributed by atoms with Crippen LogP contribution in [0.15, 0.2) is 43.0 Å². The highest BCUT2D eigenvalue weighted by Crippen LogP contribution is 2.09. The maximum atomic E-state index is 11.2. The molecule has 1 aromatic carbocycles. The van der Waals surface area contributed by atoms with Gasteiger partial charge in [0, 0.05) is 19.5 Å². The Hall–Kier alpha value is -2.14. The van der Waals surface area contributed by atoms with Gasteiger partial charge in [0.15, 0.2) is 0 Å². The first-order valence-corrected chi connectivity index (χ1v) is 5.38. The van der Waals surface area contributed by atoms with E-state index in [0.29, 0.717) is 0 Å². The predicted molar refractivity (Wildman–Crippen MR) is 65.6 cm³/mol. The van der Waals surface area contributed by atoms with E-state index in [-0.39, 0.29) is 6.42 Å². The monoisotopic (exact) mass is 249 g/mol. The van der Waals surface area contributed by atoms with Gasteiger partial charge in [-0.3, -0.25) is 4.79 Å². The Balaban J connectivity index is 2.74. The first-order chi connectivity index (χ1) is 8.54. The van der Waals surface area contributed by atoms with E-state index in [4.69, 9.17) is 9.94 Å². The minimum Gasteiger partial charge on any atom is -0.480 e. The van der Waals surface area contributed by atoms with Gasteiger partial charge in [-0.15, -0.1) is 5.06 Å². The number of hydrogen-bond acceptors (Lipinski definition) is 4. The van der Waals surface area contributed by atoms with Gasteiger partial charge in [0.2, 0.25) is 0 Å². The molecule has 0 aliphatic rings. The van der Waals surface area contributed by atoms with Crippen molar-refractivity contribution >= 4 is 11.9 Å². The van der Waals surface area contributed by atoms with Gasteiger partial charge >= 0.3 is 11.9 Å². The molecule has 5 nitrogen and oxygen atoms in total. The highest BCUT2D eigenvalue weighted by Gasteiger charge is 2.25. The van der Waals surface area contributed by atoms with Crippen molar-refractivity contribution in [2.75, 3.05) is 7.05 Å². The van der Waals surface area contributed by atoms with Crippen LogP contribution >= 0.6 is 0 Å². The van der Waals surface area contributed by atoms with E-state index in [0.717, 1.165) is 16.7 Å². The Labute approximate surface area is 105 Å². The minimum absolute atomic E-state index is 0.247. The van der Waals surface area contributed by atoms with Crippen molar-refractivity contribution in [2.45, 2.75) is 12.5 Å². The summed E-state index contributed by atoms with van der Waals surface area (Å²) in [5.74, 6) is -1.74. The highest BCUT2D eigenvalue weighted by molar-refractivity contribution is 5.81. The summed E-state index contributed by atoms with van der Waals surface area (Å²) >= 11 is 0. The average Bonchev–Trinajstić information content (AvgIpc) is 2.36. The number of carboxylic acids is 1. The molecule has 0 radical (unpaired) electrons. The van der Waals surface area contributed by atoms with Crippen LogP contribution in [0.2, 0.25) is 0 Å². The lowest BCUT2D eigenvalue weighted by Crippen LogP contribution is -2.41. The molecule has 0 aromatic heterocycles. The van der Waals surface area contributed by atoms with E-state index >= 15 is 0 Å². The van der Waals surface area contributed by atoms with Crippen molar-refractivity contribution in [1.29, 1.82) is 0 Å². The van der Waals surface area contributed by atoms with E-state index in [1.54, 1.807) is 0 Å². The third-order valence-electron chi connectivity index (χ3n) is 2.40. The molecule has 0 saturated carbocycles. The van der Waals surface area contributed by atoms with Crippen LogP contribution in [0, 0.1) is 0 Å². The summed E-state index contributed by atoms with van der Waals surface area (Å²) in [6, 6.07) is 8.20. The Morgan fingerprint density at radius 2 is 2.06 bits per heavy atom. The van der Waals surface area contributed by atoms with Crippen LogP contribution in [-0.4, -0.2) is 35.2 Å². The van der Waals surface area contributed by atoms with Gasteiger partial charge in [-0.2, -0.15) is 0 Å². The van der Waals surface area contributed by atoms with Gasteiger partial charge in [-0.1, -0.05) is 36.9 Å². The molecule has 1 atom stereocenters. The number of nitrogens with zero attached hydrogens (tertiary/aromatic N) is 1. The SMILES string of the molecule is C=CC(=O)ON(C)C(Cc1ccccc1)C(=O)O. The molecule has 1 rings (SSSR count). The third kappa shape index (κ3) is 4.03. The van der Waals surface area contributed by atoms with E-state index in [2.05, 4.69) is 6.58 Å². The normalized spacial score (nSPS) is 11.9. The molecular weight excluding hydrogens is 234 g/mol. The molecule has 18 heavy (non-hydrogen) atoms. The maximum absolute atomic E-state index is 11.2. The van der Waals surface area contributed by atoms with Gasteiger partial charge in [0.05, 0.1) is 0 Å². The first kappa shape index (κ1) is 13.9. The van der Waals surface area contributed by atoms with Gasteiger partial charge in [-0.25, -0.2) is 4.79 Å². The van der Waals surface area contributed by atoms with Crippen molar-refractivity contribution in [3.05, 3.63) is 48.6 Å². The quantitative estimate of drug-likeness (QED) is 0.607. The first-order valence-electron chi connectivity index (χ1n) is 5.38. The number of carbonyl (C=O) groups excluding carboxylic acids is 1. The smallest absolute Gasteiger partial charge is 0.349 e. The van der Waals surface area contributed by atoms with Crippen molar-refractivity contribution in [2.24, 2.45) is 0 Å². The number of hydrogen-bond donors (Lipinski definition) is 1. The van der Waals surface area contributed by atoms with Crippen LogP contribution in [0.5, 0.6) is 0 Å². The molecule has 0 aliphatic heterocycles. The highest BCUT2D eigenvalue weighted by atomic mass is 16.7. The average molecular weight is 249 g/mol. The van der Waals surface area contributed by atoms with Crippen LogP contribution in [-0.2, 0) is 20.8 Å². The molecule has 1 unspecified atom stereocenters. The van der Waals surface area contributed by atoms with E-state index < -0.39 is 18.0 Å². The molecule has 1 N–H and O–H groups in total. The van der Waals surface area contributed by atoms with Crippen molar-refractivity contribution < 1.29 is 19.5 Å². The molecule has 0 saturated heterocycles. The van der Waals surface area contributed by atoms with Gasteiger partial charge < -0.3 is 9.94 Å². The summed E-state index contributed by atoms with van der Waals surface area (Å²) in [5, 5.41) is 10.2. The van der Waals surface area contributed by atoms with Crippen molar-refractivity contribution in [1.82, 2.24) is 5.06 Å². The second-order valence-corrected chi connectivity index (χ2v) is 3.70. The molecular formula is C13H15NO4. The lowest BCUT2D eigenvalue weighted by Gasteiger charge is -2.22. The number of hydroxylamine groups is 2. The molecule has 0 spiro atoms. The zero-order valence-electron chi connectivity index (χ0n) is 10.1. The summed E-state index contributed by atoms with van der Waals surface area (Å²) in [5.41, 5.74) is 0.853. The second kappa shape index (κ2) is 6.56. The van der Waals surface area contributed by atoms with Crippen LogP contribution in [0.3, 0.4) is 0 Å². The number of carboxylic acid groups (broad SMARTS) is 1. The van der Waals surface area contributed by atoms with Gasteiger partial charge in [0.25, 0.3) is 0 Å². The Kier molecular flexibility index (Phi) is 5.07. The fourth-order valence-electron chi connectivity index (χ4n) is 1.45. The van der Waals surface area contributed by atoms with Gasteiger partial charge in [0.1, 0.15) is 6.04 Å². The molecule has 5 heteroatoms. The Morgan fingerprint density at radius 3 is 2.56 bits per heavy atom. The molecule has 0 bridgehead atoms. The minimum atomic E-state index is -1.06. The zero-order chi connectivity index (χ0) is 13.5. The summed E-state index contributed by atoms with van der Waals surface area (Å²) in [6.45, 7) is 3.25. The topological polar surface area (TPSA) is 66.8 Å². The molecule has 0 amide bonds. The molecule has 96 valence electrons. The standard InChI is InChI=1S/C13H15NO4/c1-3-12(15)18-14(2)11(13(16)17)9-10-7-5-4-6-8-10/h3-8,11H,1,9H2,2H3,(H,16,17). The predicted octanol–water partition coefficient (Wildman–Crippen LogP) is 1.26. The van der Waals surface area contributed by atoms with Crippen molar-refractivity contribution in [3.8, 4) is 0 Å². The molecule has 0 aliphatic carbocycles. The van der Waals surface area contributed by atoms with Crippen LogP contribution in [0.4, 0.5) is 0 Å². The van der Waals surface area contributed by atoms with E-state index in [9.17, 15) is 9.59 Å². The number of carbonyl (C=O) groups is 2. The van der Waals surface area contributed by atoms with E-state index in [1.807, 2.05) is 30.3 Å². The number of benzene rings is 1. The molecule has 1 aromatic rings. The Morgan fingerprint density at radius 1 is 1.44 bits per heavy atom. The zero-order valence-corrected chi connectivity index (χ0v) is 10.1. The van der Waals surface area contributed by atoms with Crippen LogP contribution in [0.25, 0.3) is 0 Å². The largest absolute Gasteiger partial charge is 0.480 e. The summed E-state index contributed by atoms with van der Waals surface area (Å²) in [7, 11) is 1.41. The summed E-state index contributed by atoms with van der Waals surface area (Å²) < 4.78 is 0. The molecule has 0 fully saturated rings. The summed E-state index contributed by atoms with van der Waals surface area (Å²) in [6.07, 6.45) is 1.23. The third-order valence-corrected chi connectivity index (χ3v) is 2.40. The number of aliphatic carboxylic acids is 1.